The van der Waals surface area contributed by atoms with Crippen LogP contribution in [0.2, 0.25) is 0 Å². The van der Waals surface area contributed by atoms with Crippen LogP contribution in [-0.4, -0.2) is 27.1 Å². The summed E-state index contributed by atoms with van der Waals surface area (Å²) in [7, 11) is 0. The molecule has 0 fully saturated rings. The van der Waals surface area contributed by atoms with Gasteiger partial charge in [-0.25, -0.2) is 4.68 Å². The first-order chi connectivity index (χ1) is 13.1. The Morgan fingerprint density at radius 1 is 1.11 bits per heavy atom. The van der Waals surface area contributed by atoms with Crippen LogP contribution in [0.4, 0.5) is 0 Å². The van der Waals surface area contributed by atoms with Gasteiger partial charge in [-0.3, -0.25) is 9.69 Å². The molecular formula is C22H24N4O. The summed E-state index contributed by atoms with van der Waals surface area (Å²) >= 11 is 0. The number of nitrogens with two attached hydrogens (primary N) is 1. The van der Waals surface area contributed by atoms with Crippen LogP contribution in [-0.2, 0) is 17.8 Å². The van der Waals surface area contributed by atoms with Crippen molar-refractivity contribution < 1.29 is 4.79 Å². The second-order valence-corrected chi connectivity index (χ2v) is 7.12. The molecule has 5 nitrogen and oxygen atoms in total. The summed E-state index contributed by atoms with van der Waals surface area (Å²) in [4.78, 5) is 14.5. The van der Waals surface area contributed by atoms with Crippen molar-refractivity contribution >= 4 is 5.91 Å². The summed E-state index contributed by atoms with van der Waals surface area (Å²) in [6.07, 6.45) is 0.921. The number of aryl methyl sites for hydroxylation is 1. The van der Waals surface area contributed by atoms with Gasteiger partial charge in [0.25, 0.3) is 0 Å². The van der Waals surface area contributed by atoms with Crippen LogP contribution in [0.25, 0.3) is 5.69 Å². The van der Waals surface area contributed by atoms with Gasteiger partial charge in [0.15, 0.2) is 0 Å². The standard InChI is InChI=1S/C22H24N4O/c1-15-20(16(2)26(24-15)18-9-4-3-5-10-18)14-25-13-12-17-8-6-7-11-19(17)21(25)22(23)27/h3-11,21H,12-14H2,1-2H3,(H2,23,27). The first kappa shape index (κ1) is 17.5. The van der Waals surface area contributed by atoms with Gasteiger partial charge in [0, 0.05) is 24.3 Å². The Bertz CT molecular complexity index is 977. The molecule has 2 aromatic carbocycles. The molecule has 1 aliphatic heterocycles. The summed E-state index contributed by atoms with van der Waals surface area (Å²) in [6.45, 7) is 5.57. The lowest BCUT2D eigenvalue weighted by Crippen LogP contribution is -2.42. The molecule has 0 saturated heterocycles. The second kappa shape index (κ2) is 7.00. The van der Waals surface area contributed by atoms with Gasteiger partial charge < -0.3 is 5.73 Å². The van der Waals surface area contributed by atoms with Crippen molar-refractivity contribution in [2.24, 2.45) is 5.73 Å². The van der Waals surface area contributed by atoms with Gasteiger partial charge >= 0.3 is 0 Å². The zero-order valence-corrected chi connectivity index (χ0v) is 15.7. The molecule has 3 aromatic rings. The summed E-state index contributed by atoms with van der Waals surface area (Å²) in [5.74, 6) is -0.298. The molecule has 2 heterocycles. The molecule has 0 saturated carbocycles. The van der Waals surface area contributed by atoms with Crippen molar-refractivity contribution in [2.45, 2.75) is 32.9 Å². The van der Waals surface area contributed by atoms with Gasteiger partial charge in [-0.15, -0.1) is 0 Å². The van der Waals surface area contributed by atoms with Gasteiger partial charge in [-0.2, -0.15) is 5.10 Å². The molecule has 4 rings (SSSR count). The van der Waals surface area contributed by atoms with Crippen LogP contribution < -0.4 is 5.73 Å². The molecule has 1 amide bonds. The molecule has 0 bridgehead atoms. The maximum absolute atomic E-state index is 12.3. The Kier molecular flexibility index (Phi) is 4.54. The van der Waals surface area contributed by atoms with Crippen LogP contribution in [0.15, 0.2) is 54.6 Å². The lowest BCUT2D eigenvalue weighted by Gasteiger charge is -2.35. The van der Waals surface area contributed by atoms with Crippen molar-refractivity contribution in [1.82, 2.24) is 14.7 Å². The summed E-state index contributed by atoms with van der Waals surface area (Å²) < 4.78 is 1.97. The molecule has 1 atom stereocenters. The minimum absolute atomic E-state index is 0.298. The third-order valence-corrected chi connectivity index (χ3v) is 5.46. The molecule has 27 heavy (non-hydrogen) atoms. The van der Waals surface area contributed by atoms with E-state index in [1.54, 1.807) is 0 Å². The second-order valence-electron chi connectivity index (χ2n) is 7.12. The van der Waals surface area contributed by atoms with E-state index in [1.165, 1.54) is 5.56 Å². The lowest BCUT2D eigenvalue weighted by molar-refractivity contribution is -0.124. The molecule has 0 aliphatic carbocycles. The number of amides is 1. The molecule has 1 unspecified atom stereocenters. The van der Waals surface area contributed by atoms with Crippen LogP contribution in [0.3, 0.4) is 0 Å². The zero-order chi connectivity index (χ0) is 19.0. The third kappa shape index (κ3) is 3.15. The van der Waals surface area contributed by atoms with E-state index in [0.717, 1.165) is 41.2 Å². The largest absolute Gasteiger partial charge is 0.368 e. The predicted molar refractivity (Wildman–Crippen MR) is 106 cm³/mol. The highest BCUT2D eigenvalue weighted by molar-refractivity contribution is 5.82. The number of hydrogen-bond donors (Lipinski definition) is 1. The number of fused-ring (bicyclic) bond motifs is 1. The SMILES string of the molecule is Cc1nn(-c2ccccc2)c(C)c1CN1CCc2ccccc2C1C(N)=O. The normalized spacial score (nSPS) is 16.9. The summed E-state index contributed by atoms with van der Waals surface area (Å²) in [6, 6.07) is 17.8. The van der Waals surface area contributed by atoms with Gasteiger partial charge in [0.2, 0.25) is 5.91 Å². The quantitative estimate of drug-likeness (QED) is 0.778. The van der Waals surface area contributed by atoms with Crippen LogP contribution in [0.1, 0.15) is 34.1 Å². The number of nitrogens with zero attached hydrogens (tertiary/aromatic N) is 3. The molecule has 0 spiro atoms. The van der Waals surface area contributed by atoms with Crippen LogP contribution >= 0.6 is 0 Å². The highest BCUT2D eigenvalue weighted by Crippen LogP contribution is 2.32. The monoisotopic (exact) mass is 360 g/mol. The van der Waals surface area contributed by atoms with Crippen molar-refractivity contribution in [2.75, 3.05) is 6.54 Å². The first-order valence-electron chi connectivity index (χ1n) is 9.28. The van der Waals surface area contributed by atoms with E-state index in [9.17, 15) is 4.79 Å². The molecule has 0 radical (unpaired) electrons. The minimum Gasteiger partial charge on any atom is -0.368 e. The van der Waals surface area contributed by atoms with E-state index < -0.39 is 6.04 Å². The molecule has 5 heteroatoms. The van der Waals surface area contributed by atoms with E-state index in [0.29, 0.717) is 6.54 Å². The smallest absolute Gasteiger partial charge is 0.239 e. The number of primary amides is 1. The van der Waals surface area contributed by atoms with E-state index in [2.05, 4.69) is 17.9 Å². The third-order valence-electron chi connectivity index (χ3n) is 5.46. The Balaban J connectivity index is 1.68. The van der Waals surface area contributed by atoms with E-state index >= 15 is 0 Å². The maximum atomic E-state index is 12.3. The highest BCUT2D eigenvalue weighted by Gasteiger charge is 2.32. The van der Waals surface area contributed by atoms with Crippen molar-refractivity contribution in [1.29, 1.82) is 0 Å². The maximum Gasteiger partial charge on any atom is 0.239 e. The number of rotatable bonds is 4. The number of aromatic nitrogens is 2. The minimum atomic E-state index is -0.395. The van der Waals surface area contributed by atoms with Crippen molar-refractivity contribution in [3.8, 4) is 5.69 Å². The highest BCUT2D eigenvalue weighted by atomic mass is 16.1. The Morgan fingerprint density at radius 2 is 1.81 bits per heavy atom. The fraction of sp³-hybridized carbons (Fsp3) is 0.273. The number of carbonyl (C=O) groups is 1. The topological polar surface area (TPSA) is 64.2 Å². The fourth-order valence-electron chi connectivity index (χ4n) is 4.05. The molecule has 2 N–H and O–H groups in total. The summed E-state index contributed by atoms with van der Waals surface area (Å²) in [5.41, 5.74) is 12.3. The molecular weight excluding hydrogens is 336 g/mol. The van der Waals surface area contributed by atoms with Crippen molar-refractivity contribution in [3.05, 3.63) is 82.7 Å². The summed E-state index contributed by atoms with van der Waals surface area (Å²) in [5, 5.41) is 4.73. The average molecular weight is 360 g/mol. The first-order valence-corrected chi connectivity index (χ1v) is 9.28. The Hall–Kier alpha value is -2.92. The average Bonchev–Trinajstić information content (AvgIpc) is 2.96. The van der Waals surface area contributed by atoms with E-state index in [-0.39, 0.29) is 5.91 Å². The lowest BCUT2D eigenvalue weighted by atomic mass is 9.91. The fourth-order valence-corrected chi connectivity index (χ4v) is 4.05. The number of carbonyl (C=O) groups excluding carboxylic acids is 1. The van der Waals surface area contributed by atoms with Crippen molar-refractivity contribution in [3.63, 3.8) is 0 Å². The van der Waals surface area contributed by atoms with Gasteiger partial charge in [-0.05, 0) is 43.5 Å². The number of para-hydroxylation sites is 1. The van der Waals surface area contributed by atoms with Gasteiger partial charge in [0.1, 0.15) is 6.04 Å². The van der Waals surface area contributed by atoms with Crippen LogP contribution in [0.5, 0.6) is 0 Å². The predicted octanol–water partition coefficient (Wildman–Crippen LogP) is 3.07. The van der Waals surface area contributed by atoms with E-state index in [1.807, 2.05) is 60.1 Å². The molecule has 1 aliphatic rings. The van der Waals surface area contributed by atoms with Crippen LogP contribution in [0, 0.1) is 13.8 Å². The van der Waals surface area contributed by atoms with Gasteiger partial charge in [-0.1, -0.05) is 42.5 Å². The number of hydrogen-bond acceptors (Lipinski definition) is 3. The molecule has 1 aromatic heterocycles. The zero-order valence-electron chi connectivity index (χ0n) is 15.7. The number of benzene rings is 2. The Morgan fingerprint density at radius 3 is 2.56 bits per heavy atom. The van der Waals surface area contributed by atoms with Gasteiger partial charge in [0.05, 0.1) is 11.4 Å². The van der Waals surface area contributed by atoms with E-state index in [4.69, 9.17) is 10.8 Å². The Labute approximate surface area is 159 Å². The molecule has 138 valence electrons.